The van der Waals surface area contributed by atoms with Gasteiger partial charge in [-0.05, 0) is 32.9 Å². The summed E-state index contributed by atoms with van der Waals surface area (Å²) in [6, 6.07) is 0.743. The highest BCUT2D eigenvalue weighted by Gasteiger charge is 2.30. The van der Waals surface area contributed by atoms with Crippen LogP contribution in [0.2, 0.25) is 0 Å². The Hall–Kier alpha value is -0.810. The second kappa shape index (κ2) is 5.50. The summed E-state index contributed by atoms with van der Waals surface area (Å²) < 4.78 is 5.43. The van der Waals surface area contributed by atoms with Crippen LogP contribution in [-0.2, 0) is 4.74 Å². The summed E-state index contributed by atoms with van der Waals surface area (Å²) in [7, 11) is 1.93. The summed E-state index contributed by atoms with van der Waals surface area (Å²) in [5.41, 5.74) is 0. The van der Waals surface area contributed by atoms with Crippen molar-refractivity contribution in [3.63, 3.8) is 0 Å². The van der Waals surface area contributed by atoms with Crippen LogP contribution < -0.4 is 10.6 Å². The second-order valence-electron chi connectivity index (χ2n) is 4.54. The maximum absolute atomic E-state index is 12.0. The third-order valence-corrected chi connectivity index (χ3v) is 3.12. The van der Waals surface area contributed by atoms with Gasteiger partial charge < -0.3 is 20.3 Å². The van der Waals surface area contributed by atoms with Crippen molar-refractivity contribution in [2.75, 3.05) is 33.4 Å². The number of carbonyl (C=O) groups is 1. The molecular formula is C11H21N3O2. The predicted octanol–water partition coefficient (Wildman–Crippen LogP) is 0.169. The van der Waals surface area contributed by atoms with Gasteiger partial charge in [0, 0.05) is 12.6 Å². The molecule has 0 spiro atoms. The van der Waals surface area contributed by atoms with Crippen LogP contribution in [-0.4, -0.2) is 56.4 Å². The molecule has 1 aliphatic carbocycles. The molecule has 0 aromatic rings. The first-order valence-electron chi connectivity index (χ1n) is 6.10. The fraction of sp³-hybridized carbons (Fsp3) is 0.909. The minimum atomic E-state index is 0.0897. The zero-order valence-electron chi connectivity index (χ0n) is 9.87. The van der Waals surface area contributed by atoms with Crippen LogP contribution in [0.5, 0.6) is 0 Å². The molecule has 1 unspecified atom stereocenters. The molecule has 0 radical (unpaired) electrons. The third-order valence-electron chi connectivity index (χ3n) is 3.12. The van der Waals surface area contributed by atoms with Gasteiger partial charge in [-0.15, -0.1) is 0 Å². The fourth-order valence-corrected chi connectivity index (χ4v) is 1.96. The monoisotopic (exact) mass is 227 g/mol. The number of rotatable bonds is 4. The van der Waals surface area contributed by atoms with Gasteiger partial charge in [-0.25, -0.2) is 4.79 Å². The van der Waals surface area contributed by atoms with Gasteiger partial charge >= 0.3 is 6.03 Å². The number of carbonyl (C=O) groups excluding carboxylic acids is 1. The molecule has 2 amide bonds. The number of nitrogens with zero attached hydrogens (tertiary/aromatic N) is 1. The third kappa shape index (κ3) is 3.09. The summed E-state index contributed by atoms with van der Waals surface area (Å²) in [4.78, 5) is 13.9. The Morgan fingerprint density at radius 2 is 2.31 bits per heavy atom. The SMILES string of the molecule is CNCCC1COCCN1C(=O)NC1CC1. The average molecular weight is 227 g/mol. The molecule has 5 heteroatoms. The van der Waals surface area contributed by atoms with Crippen LogP contribution in [0, 0.1) is 0 Å². The van der Waals surface area contributed by atoms with Crippen LogP contribution >= 0.6 is 0 Å². The zero-order valence-corrected chi connectivity index (χ0v) is 9.87. The quantitative estimate of drug-likeness (QED) is 0.720. The van der Waals surface area contributed by atoms with E-state index in [1.807, 2.05) is 11.9 Å². The normalized spacial score (nSPS) is 25.6. The molecule has 1 saturated heterocycles. The summed E-state index contributed by atoms with van der Waals surface area (Å²) in [6.45, 7) is 2.96. The minimum Gasteiger partial charge on any atom is -0.377 e. The van der Waals surface area contributed by atoms with Crippen molar-refractivity contribution in [3.8, 4) is 0 Å². The molecule has 1 saturated carbocycles. The Bertz CT molecular complexity index is 243. The average Bonchev–Trinajstić information content (AvgIpc) is 3.10. The van der Waals surface area contributed by atoms with E-state index in [0.29, 0.717) is 25.8 Å². The number of hydrogen-bond donors (Lipinski definition) is 2. The van der Waals surface area contributed by atoms with Crippen molar-refractivity contribution in [1.82, 2.24) is 15.5 Å². The van der Waals surface area contributed by atoms with Crippen molar-refractivity contribution >= 4 is 6.03 Å². The topological polar surface area (TPSA) is 53.6 Å². The Morgan fingerprint density at radius 1 is 1.50 bits per heavy atom. The van der Waals surface area contributed by atoms with Gasteiger partial charge in [0.1, 0.15) is 0 Å². The first kappa shape index (κ1) is 11.7. The molecule has 0 bridgehead atoms. The largest absolute Gasteiger partial charge is 0.377 e. The van der Waals surface area contributed by atoms with Gasteiger partial charge in [0.15, 0.2) is 0 Å². The molecule has 1 atom stereocenters. The summed E-state index contributed by atoms with van der Waals surface area (Å²) >= 11 is 0. The van der Waals surface area contributed by atoms with Gasteiger partial charge in [0.25, 0.3) is 0 Å². The molecule has 92 valence electrons. The Balaban J connectivity index is 1.84. The van der Waals surface area contributed by atoms with E-state index < -0.39 is 0 Å². The van der Waals surface area contributed by atoms with Gasteiger partial charge in [-0.1, -0.05) is 0 Å². The number of ether oxygens (including phenoxy) is 1. The van der Waals surface area contributed by atoms with E-state index in [1.54, 1.807) is 0 Å². The van der Waals surface area contributed by atoms with E-state index in [2.05, 4.69) is 10.6 Å². The van der Waals surface area contributed by atoms with E-state index in [-0.39, 0.29) is 12.1 Å². The molecule has 0 aromatic carbocycles. The maximum Gasteiger partial charge on any atom is 0.318 e. The van der Waals surface area contributed by atoms with Crippen molar-refractivity contribution in [1.29, 1.82) is 0 Å². The van der Waals surface area contributed by atoms with E-state index in [4.69, 9.17) is 4.74 Å². The molecule has 0 aromatic heterocycles. The lowest BCUT2D eigenvalue weighted by Crippen LogP contribution is -2.53. The molecule has 2 rings (SSSR count). The Morgan fingerprint density at radius 3 is 3.00 bits per heavy atom. The van der Waals surface area contributed by atoms with E-state index in [9.17, 15) is 4.79 Å². The lowest BCUT2D eigenvalue weighted by atomic mass is 10.1. The first-order valence-corrected chi connectivity index (χ1v) is 6.10. The maximum atomic E-state index is 12.0. The lowest BCUT2D eigenvalue weighted by Gasteiger charge is -2.35. The standard InChI is InChI=1S/C11H21N3O2/c1-12-5-4-10-8-16-7-6-14(10)11(15)13-9-2-3-9/h9-10,12H,2-8H2,1H3,(H,13,15). The number of hydrogen-bond acceptors (Lipinski definition) is 3. The zero-order chi connectivity index (χ0) is 11.4. The minimum absolute atomic E-state index is 0.0897. The second-order valence-corrected chi connectivity index (χ2v) is 4.54. The van der Waals surface area contributed by atoms with Gasteiger partial charge in [-0.2, -0.15) is 0 Å². The number of nitrogens with one attached hydrogen (secondary N) is 2. The number of urea groups is 1. The van der Waals surface area contributed by atoms with Gasteiger partial charge in [-0.3, -0.25) is 0 Å². The molecule has 1 aliphatic heterocycles. The highest BCUT2D eigenvalue weighted by atomic mass is 16.5. The molecule has 2 fully saturated rings. The highest BCUT2D eigenvalue weighted by molar-refractivity contribution is 5.75. The van der Waals surface area contributed by atoms with Gasteiger partial charge in [0.05, 0.1) is 19.3 Å². The summed E-state index contributed by atoms with van der Waals surface area (Å²) in [6.07, 6.45) is 3.23. The summed E-state index contributed by atoms with van der Waals surface area (Å²) in [5, 5.41) is 6.15. The molecular weight excluding hydrogens is 206 g/mol. The highest BCUT2D eigenvalue weighted by Crippen LogP contribution is 2.20. The van der Waals surface area contributed by atoms with Crippen LogP contribution in [0.1, 0.15) is 19.3 Å². The van der Waals surface area contributed by atoms with Crippen molar-refractivity contribution in [2.45, 2.75) is 31.3 Å². The molecule has 16 heavy (non-hydrogen) atoms. The van der Waals surface area contributed by atoms with Crippen molar-refractivity contribution in [2.24, 2.45) is 0 Å². The van der Waals surface area contributed by atoms with Crippen LogP contribution in [0.3, 0.4) is 0 Å². The van der Waals surface area contributed by atoms with Crippen LogP contribution in [0.25, 0.3) is 0 Å². The van der Waals surface area contributed by atoms with E-state index >= 15 is 0 Å². The molecule has 2 N–H and O–H groups in total. The first-order chi connectivity index (χ1) is 7.81. The summed E-state index contributed by atoms with van der Waals surface area (Å²) in [5.74, 6) is 0. The van der Waals surface area contributed by atoms with Crippen LogP contribution in [0.4, 0.5) is 4.79 Å². The lowest BCUT2D eigenvalue weighted by molar-refractivity contribution is 0.00986. The molecule has 1 heterocycles. The Kier molecular flexibility index (Phi) is 4.01. The molecule has 5 nitrogen and oxygen atoms in total. The number of amides is 2. The number of morpholine rings is 1. The van der Waals surface area contributed by atoms with Crippen molar-refractivity contribution in [3.05, 3.63) is 0 Å². The van der Waals surface area contributed by atoms with Gasteiger partial charge in [0.2, 0.25) is 0 Å². The smallest absolute Gasteiger partial charge is 0.318 e. The van der Waals surface area contributed by atoms with Crippen molar-refractivity contribution < 1.29 is 9.53 Å². The predicted molar refractivity (Wildman–Crippen MR) is 61.4 cm³/mol. The Labute approximate surface area is 96.5 Å². The van der Waals surface area contributed by atoms with E-state index in [1.165, 1.54) is 0 Å². The fourth-order valence-electron chi connectivity index (χ4n) is 1.96. The molecule has 2 aliphatic rings. The van der Waals surface area contributed by atoms with Crippen LogP contribution in [0.15, 0.2) is 0 Å². The van der Waals surface area contributed by atoms with E-state index in [0.717, 1.165) is 25.8 Å².